The molecule has 0 amide bonds. The summed E-state index contributed by atoms with van der Waals surface area (Å²) in [5.74, 6) is -1.66. The minimum Gasteiger partial charge on any atom is -0.465 e. The second-order valence-electron chi connectivity index (χ2n) is 2.42. The topological polar surface area (TPSA) is 72.8 Å². The molecule has 14 heavy (non-hydrogen) atoms. The molecular formula is C9H8O5. The van der Waals surface area contributed by atoms with Crippen molar-refractivity contribution in [3.63, 3.8) is 0 Å². The maximum atomic E-state index is 11.1. The first-order chi connectivity index (χ1) is 6.70. The summed E-state index contributed by atoms with van der Waals surface area (Å²) in [7, 11) is 1.20. The van der Waals surface area contributed by atoms with Crippen molar-refractivity contribution in [2.24, 2.45) is 0 Å². The molecule has 0 aliphatic heterocycles. The summed E-state index contributed by atoms with van der Waals surface area (Å²) in [6, 6.07) is 5.86. The van der Waals surface area contributed by atoms with Crippen LogP contribution in [-0.2, 0) is 9.62 Å². The molecule has 0 fully saturated rings. The van der Waals surface area contributed by atoms with Crippen molar-refractivity contribution in [1.82, 2.24) is 0 Å². The van der Waals surface area contributed by atoms with Crippen LogP contribution in [0.1, 0.15) is 20.7 Å². The number of esters is 1. The molecule has 0 aliphatic rings. The first kappa shape index (κ1) is 10.2. The summed E-state index contributed by atoms with van der Waals surface area (Å²) in [5.41, 5.74) is 0.0101. The Morgan fingerprint density at radius 2 is 1.64 bits per heavy atom. The fourth-order valence-electron chi connectivity index (χ4n) is 0.998. The largest absolute Gasteiger partial charge is 0.465 e. The lowest BCUT2D eigenvalue weighted by Gasteiger charge is -2.03. The van der Waals surface area contributed by atoms with Crippen LogP contribution in [0.4, 0.5) is 0 Å². The van der Waals surface area contributed by atoms with Crippen LogP contribution in [0.15, 0.2) is 24.3 Å². The molecule has 0 radical (unpaired) electrons. The number of ether oxygens (including phenoxy) is 1. The van der Waals surface area contributed by atoms with Crippen LogP contribution in [0.3, 0.4) is 0 Å². The van der Waals surface area contributed by atoms with E-state index in [1.807, 2.05) is 0 Å². The van der Waals surface area contributed by atoms with Crippen LogP contribution >= 0.6 is 0 Å². The molecule has 0 aliphatic carbocycles. The van der Waals surface area contributed by atoms with Gasteiger partial charge < -0.3 is 4.74 Å². The zero-order valence-electron chi connectivity index (χ0n) is 7.39. The van der Waals surface area contributed by atoms with Gasteiger partial charge in [-0.05, 0) is 12.1 Å². The monoisotopic (exact) mass is 196 g/mol. The summed E-state index contributed by atoms with van der Waals surface area (Å²) in [6.45, 7) is 0. The molecule has 1 aromatic carbocycles. The average Bonchev–Trinajstić information content (AvgIpc) is 2.27. The van der Waals surface area contributed by atoms with Crippen molar-refractivity contribution >= 4 is 11.9 Å². The van der Waals surface area contributed by atoms with Gasteiger partial charge in [0.05, 0.1) is 18.2 Å². The Bertz CT molecular complexity index is 323. The highest BCUT2D eigenvalue weighted by molar-refractivity contribution is 6.02. The van der Waals surface area contributed by atoms with Gasteiger partial charge in [0.2, 0.25) is 0 Å². The summed E-state index contributed by atoms with van der Waals surface area (Å²) >= 11 is 0. The van der Waals surface area contributed by atoms with E-state index in [0.29, 0.717) is 0 Å². The molecule has 0 atom stereocenters. The van der Waals surface area contributed by atoms with Gasteiger partial charge in [-0.2, -0.15) is 5.26 Å². The summed E-state index contributed by atoms with van der Waals surface area (Å²) < 4.78 is 4.44. The molecule has 5 nitrogen and oxygen atoms in total. The molecule has 0 saturated carbocycles. The van der Waals surface area contributed by atoms with Crippen LogP contribution in [0.2, 0.25) is 0 Å². The first-order valence-electron chi connectivity index (χ1n) is 3.73. The van der Waals surface area contributed by atoms with Gasteiger partial charge in [-0.3, -0.25) is 4.89 Å². The maximum absolute atomic E-state index is 11.1. The van der Waals surface area contributed by atoms with E-state index in [1.165, 1.54) is 19.2 Å². The van der Waals surface area contributed by atoms with E-state index in [4.69, 9.17) is 5.26 Å². The van der Waals surface area contributed by atoms with Crippen molar-refractivity contribution in [3.8, 4) is 0 Å². The third-order valence-corrected chi connectivity index (χ3v) is 1.64. The lowest BCUT2D eigenvalue weighted by atomic mass is 10.1. The van der Waals surface area contributed by atoms with E-state index in [2.05, 4.69) is 9.62 Å². The number of hydrogen-bond donors (Lipinski definition) is 1. The van der Waals surface area contributed by atoms with Crippen molar-refractivity contribution < 1.29 is 24.5 Å². The molecule has 0 saturated heterocycles. The summed E-state index contributed by atoms with van der Waals surface area (Å²) in [5, 5.41) is 8.17. The summed E-state index contributed by atoms with van der Waals surface area (Å²) in [6.07, 6.45) is 0. The number of carbonyl (C=O) groups is 2. The van der Waals surface area contributed by atoms with Crippen LogP contribution < -0.4 is 0 Å². The fourth-order valence-corrected chi connectivity index (χ4v) is 0.998. The lowest BCUT2D eigenvalue weighted by molar-refractivity contribution is -0.182. The number of hydrogen-bond acceptors (Lipinski definition) is 5. The Hall–Kier alpha value is -1.88. The quantitative estimate of drug-likeness (QED) is 0.435. The molecule has 0 bridgehead atoms. The van der Waals surface area contributed by atoms with E-state index in [1.54, 1.807) is 12.1 Å². The number of rotatable bonds is 2. The predicted molar refractivity (Wildman–Crippen MR) is 45.8 cm³/mol. The van der Waals surface area contributed by atoms with Gasteiger partial charge in [-0.1, -0.05) is 12.1 Å². The molecule has 0 spiro atoms. The SMILES string of the molecule is COC(=O)c1ccccc1C(=O)OO. The highest BCUT2D eigenvalue weighted by Gasteiger charge is 2.17. The number of methoxy groups -OCH3 is 1. The second kappa shape index (κ2) is 4.38. The Balaban J connectivity index is 3.15. The molecule has 1 rings (SSSR count). The van der Waals surface area contributed by atoms with Crippen molar-refractivity contribution in [2.45, 2.75) is 0 Å². The van der Waals surface area contributed by atoms with Crippen molar-refractivity contribution in [1.29, 1.82) is 0 Å². The Morgan fingerprint density at radius 3 is 2.07 bits per heavy atom. The van der Waals surface area contributed by atoms with Gasteiger partial charge in [0.15, 0.2) is 0 Å². The van der Waals surface area contributed by atoms with Crippen molar-refractivity contribution in [3.05, 3.63) is 35.4 Å². The normalized spacial score (nSPS) is 9.29. The fraction of sp³-hybridized carbons (Fsp3) is 0.111. The van der Waals surface area contributed by atoms with Gasteiger partial charge in [0.1, 0.15) is 0 Å². The predicted octanol–water partition coefficient (Wildman–Crippen LogP) is 1.10. The minimum absolute atomic E-state index is 0.0400. The van der Waals surface area contributed by atoms with E-state index >= 15 is 0 Å². The Morgan fingerprint density at radius 1 is 1.14 bits per heavy atom. The van der Waals surface area contributed by atoms with E-state index in [-0.39, 0.29) is 11.1 Å². The molecule has 1 N–H and O–H groups in total. The van der Waals surface area contributed by atoms with Gasteiger partial charge in [0.25, 0.3) is 0 Å². The zero-order valence-corrected chi connectivity index (χ0v) is 7.39. The molecule has 0 aromatic heterocycles. The third kappa shape index (κ3) is 1.89. The Labute approximate surface area is 79.8 Å². The number of carbonyl (C=O) groups excluding carboxylic acids is 2. The van der Waals surface area contributed by atoms with Gasteiger partial charge in [-0.15, -0.1) is 0 Å². The van der Waals surface area contributed by atoms with Crippen LogP contribution in [0.5, 0.6) is 0 Å². The van der Waals surface area contributed by atoms with E-state index in [0.717, 1.165) is 0 Å². The molecule has 0 unspecified atom stereocenters. The lowest BCUT2D eigenvalue weighted by Crippen LogP contribution is -2.11. The highest BCUT2D eigenvalue weighted by Crippen LogP contribution is 2.10. The van der Waals surface area contributed by atoms with Crippen LogP contribution in [0, 0.1) is 0 Å². The highest BCUT2D eigenvalue weighted by atomic mass is 17.1. The summed E-state index contributed by atoms with van der Waals surface area (Å²) in [4.78, 5) is 25.6. The van der Waals surface area contributed by atoms with E-state index < -0.39 is 11.9 Å². The standard InChI is InChI=1S/C9H8O5/c1-13-8(10)6-4-2-3-5-7(6)9(11)14-12/h2-5,12H,1H3. The zero-order chi connectivity index (χ0) is 10.6. The Kier molecular flexibility index (Phi) is 3.19. The minimum atomic E-state index is -0.994. The number of benzene rings is 1. The second-order valence-corrected chi connectivity index (χ2v) is 2.42. The van der Waals surface area contributed by atoms with Crippen molar-refractivity contribution in [2.75, 3.05) is 7.11 Å². The van der Waals surface area contributed by atoms with Gasteiger partial charge >= 0.3 is 11.9 Å². The third-order valence-electron chi connectivity index (χ3n) is 1.64. The smallest absolute Gasteiger partial charge is 0.373 e. The molecule has 0 heterocycles. The first-order valence-corrected chi connectivity index (χ1v) is 3.73. The van der Waals surface area contributed by atoms with Gasteiger partial charge in [0, 0.05) is 0 Å². The average molecular weight is 196 g/mol. The van der Waals surface area contributed by atoms with E-state index in [9.17, 15) is 9.59 Å². The van der Waals surface area contributed by atoms with Crippen LogP contribution in [-0.4, -0.2) is 24.3 Å². The maximum Gasteiger partial charge on any atom is 0.373 e. The molecule has 1 aromatic rings. The van der Waals surface area contributed by atoms with Crippen LogP contribution in [0.25, 0.3) is 0 Å². The van der Waals surface area contributed by atoms with Gasteiger partial charge in [-0.25, -0.2) is 9.59 Å². The molecule has 74 valence electrons. The molecule has 5 heteroatoms. The molecular weight excluding hydrogens is 188 g/mol.